The molecule has 1 unspecified atom stereocenters. The van der Waals surface area contributed by atoms with Crippen molar-refractivity contribution in [3.8, 4) is 6.07 Å². The van der Waals surface area contributed by atoms with Crippen molar-refractivity contribution in [2.75, 3.05) is 5.32 Å². The first kappa shape index (κ1) is 17.5. The van der Waals surface area contributed by atoms with Gasteiger partial charge in [0.05, 0.1) is 18.2 Å². The molecule has 1 aliphatic rings. The topological polar surface area (TPSA) is 134 Å². The smallest absolute Gasteiger partial charge is 0.332 e. The average Bonchev–Trinajstić information content (AvgIpc) is 2.63. The third-order valence-electron chi connectivity index (χ3n) is 3.87. The number of carboxylic acid groups (broad SMARTS) is 1. The van der Waals surface area contributed by atoms with E-state index in [9.17, 15) is 19.2 Å². The fraction of sp³-hybridized carbons (Fsp3) is 0.188. The summed E-state index contributed by atoms with van der Waals surface area (Å²) in [6.07, 6.45) is 0. The van der Waals surface area contributed by atoms with Gasteiger partial charge in [-0.15, -0.1) is 0 Å². The van der Waals surface area contributed by atoms with Crippen LogP contribution in [-0.2, 0) is 23.2 Å². The first-order valence-corrected chi connectivity index (χ1v) is 8.24. The lowest BCUT2D eigenvalue weighted by atomic mass is 10.1. The molecule has 1 aromatic carbocycles. The van der Waals surface area contributed by atoms with Gasteiger partial charge in [-0.3, -0.25) is 23.5 Å². The van der Waals surface area contributed by atoms with Gasteiger partial charge in [0, 0.05) is 7.05 Å². The van der Waals surface area contributed by atoms with Gasteiger partial charge in [-0.25, -0.2) is 4.79 Å². The minimum absolute atomic E-state index is 0.00672. The molecule has 2 aromatic rings. The number of nitrogens with one attached hydrogen (secondary N) is 1. The van der Waals surface area contributed by atoms with Crippen molar-refractivity contribution >= 4 is 29.5 Å². The molecule has 1 aliphatic heterocycles. The summed E-state index contributed by atoms with van der Waals surface area (Å²) < 4.78 is 2.06. The SMILES string of the molecule is Cn1c2c(c(=O)n(Cc3ccc(C#N)cc3)c1=O)SC(C(=O)O)C(=O)N2. The van der Waals surface area contributed by atoms with E-state index in [1.165, 1.54) is 7.05 Å². The third kappa shape index (κ3) is 2.89. The summed E-state index contributed by atoms with van der Waals surface area (Å²) in [5, 5.41) is 18.8. The number of rotatable bonds is 3. The summed E-state index contributed by atoms with van der Waals surface area (Å²) in [6.45, 7) is -0.0449. The number of hydrogen-bond acceptors (Lipinski definition) is 6. The Morgan fingerprint density at radius 1 is 1.31 bits per heavy atom. The lowest BCUT2D eigenvalue weighted by Crippen LogP contribution is -2.46. The van der Waals surface area contributed by atoms with Crippen LogP contribution in [0.15, 0.2) is 38.8 Å². The molecule has 0 aliphatic carbocycles. The fourth-order valence-electron chi connectivity index (χ4n) is 2.51. The van der Waals surface area contributed by atoms with E-state index in [-0.39, 0.29) is 17.3 Å². The van der Waals surface area contributed by atoms with Crippen LogP contribution in [-0.4, -0.2) is 31.4 Å². The van der Waals surface area contributed by atoms with E-state index in [0.717, 1.165) is 9.13 Å². The van der Waals surface area contributed by atoms with Crippen LogP contribution in [0.4, 0.5) is 5.82 Å². The molecule has 1 aromatic heterocycles. The van der Waals surface area contributed by atoms with Crippen LogP contribution in [0.2, 0.25) is 0 Å². The molecule has 0 saturated heterocycles. The summed E-state index contributed by atoms with van der Waals surface area (Å²) in [4.78, 5) is 48.3. The Hall–Kier alpha value is -3.32. The lowest BCUT2D eigenvalue weighted by molar-refractivity contribution is -0.138. The molecule has 0 fully saturated rings. The largest absolute Gasteiger partial charge is 0.480 e. The van der Waals surface area contributed by atoms with Gasteiger partial charge in [-0.2, -0.15) is 5.26 Å². The molecule has 132 valence electrons. The number of amides is 1. The Morgan fingerprint density at radius 2 is 1.96 bits per heavy atom. The van der Waals surface area contributed by atoms with Gasteiger partial charge >= 0.3 is 11.7 Å². The number of carboxylic acids is 1. The van der Waals surface area contributed by atoms with E-state index < -0.39 is 28.4 Å². The number of hydrogen-bond donors (Lipinski definition) is 2. The highest BCUT2D eigenvalue weighted by atomic mass is 32.2. The summed E-state index contributed by atoms with van der Waals surface area (Å²) in [5.74, 6) is -2.18. The predicted octanol–water partition coefficient (Wildman–Crippen LogP) is -0.0356. The molecule has 2 N–H and O–H groups in total. The number of nitriles is 1. The lowest BCUT2D eigenvalue weighted by Gasteiger charge is -2.23. The molecular formula is C16H12N4O5S. The Labute approximate surface area is 150 Å². The average molecular weight is 372 g/mol. The highest BCUT2D eigenvalue weighted by Crippen LogP contribution is 2.31. The standard InChI is InChI=1S/C16H12N4O5S/c1-19-12-10(26-11(15(23)24)13(21)18-12)14(22)20(16(19)25)7-9-4-2-8(6-17)3-5-9/h2-5,11H,7H2,1H3,(H,18,21)(H,23,24). The number of anilines is 1. The Bertz CT molecular complexity index is 1080. The minimum Gasteiger partial charge on any atom is -0.480 e. The Morgan fingerprint density at radius 3 is 2.54 bits per heavy atom. The maximum absolute atomic E-state index is 12.7. The summed E-state index contributed by atoms with van der Waals surface area (Å²) >= 11 is 0.606. The molecule has 1 amide bonds. The summed E-state index contributed by atoms with van der Waals surface area (Å²) in [5.41, 5.74) is -0.249. The van der Waals surface area contributed by atoms with Crippen molar-refractivity contribution in [3.05, 3.63) is 56.2 Å². The number of aromatic nitrogens is 2. The molecule has 3 rings (SSSR count). The van der Waals surface area contributed by atoms with E-state index in [1.807, 2.05) is 6.07 Å². The second kappa shape index (κ2) is 6.53. The maximum Gasteiger partial charge on any atom is 0.332 e. The number of fused-ring (bicyclic) bond motifs is 1. The van der Waals surface area contributed by atoms with Gasteiger partial charge in [0.2, 0.25) is 5.91 Å². The van der Waals surface area contributed by atoms with Crippen molar-refractivity contribution in [2.24, 2.45) is 7.05 Å². The van der Waals surface area contributed by atoms with E-state index in [4.69, 9.17) is 10.4 Å². The minimum atomic E-state index is -1.46. The number of benzene rings is 1. The summed E-state index contributed by atoms with van der Waals surface area (Å²) in [6, 6.07) is 8.36. The van der Waals surface area contributed by atoms with Crippen LogP contribution in [0.1, 0.15) is 11.1 Å². The predicted molar refractivity (Wildman–Crippen MR) is 92.1 cm³/mol. The second-order valence-corrected chi connectivity index (χ2v) is 6.66. The molecule has 0 saturated carbocycles. The highest BCUT2D eigenvalue weighted by molar-refractivity contribution is 8.01. The molecule has 1 atom stereocenters. The van der Waals surface area contributed by atoms with Gasteiger partial charge < -0.3 is 10.4 Å². The van der Waals surface area contributed by atoms with Gasteiger partial charge in [0.1, 0.15) is 10.7 Å². The zero-order chi connectivity index (χ0) is 19.0. The zero-order valence-corrected chi connectivity index (χ0v) is 14.2. The molecule has 0 bridgehead atoms. The number of carbonyl (C=O) groups is 2. The van der Waals surface area contributed by atoms with Gasteiger partial charge in [-0.1, -0.05) is 23.9 Å². The molecule has 9 nitrogen and oxygen atoms in total. The normalized spacial score (nSPS) is 15.7. The van der Waals surface area contributed by atoms with Crippen LogP contribution in [0.25, 0.3) is 0 Å². The third-order valence-corrected chi connectivity index (χ3v) is 5.13. The van der Waals surface area contributed by atoms with E-state index in [2.05, 4.69) is 5.32 Å². The molecule has 0 radical (unpaired) electrons. The monoisotopic (exact) mass is 372 g/mol. The van der Waals surface area contributed by atoms with E-state index in [0.29, 0.717) is 22.9 Å². The number of carbonyl (C=O) groups excluding carboxylic acids is 1. The number of aliphatic carboxylic acids is 1. The molecule has 2 heterocycles. The van der Waals surface area contributed by atoms with Crippen LogP contribution >= 0.6 is 11.8 Å². The quantitative estimate of drug-likeness (QED) is 0.722. The Kier molecular flexibility index (Phi) is 4.40. The molecule has 26 heavy (non-hydrogen) atoms. The fourth-order valence-corrected chi connectivity index (χ4v) is 3.52. The number of nitrogens with zero attached hydrogens (tertiary/aromatic N) is 3. The van der Waals surface area contributed by atoms with Gasteiger partial charge in [-0.05, 0) is 17.7 Å². The van der Waals surface area contributed by atoms with Crippen LogP contribution in [0.3, 0.4) is 0 Å². The molecule has 0 spiro atoms. The zero-order valence-electron chi connectivity index (χ0n) is 13.4. The van der Waals surface area contributed by atoms with Crippen LogP contribution < -0.4 is 16.6 Å². The first-order valence-electron chi connectivity index (χ1n) is 7.36. The maximum atomic E-state index is 12.7. The summed E-state index contributed by atoms with van der Waals surface area (Å²) in [7, 11) is 1.39. The van der Waals surface area contributed by atoms with Gasteiger partial charge in [0.25, 0.3) is 5.56 Å². The first-order chi connectivity index (χ1) is 12.3. The van der Waals surface area contributed by atoms with Crippen molar-refractivity contribution in [1.29, 1.82) is 5.26 Å². The van der Waals surface area contributed by atoms with E-state index >= 15 is 0 Å². The van der Waals surface area contributed by atoms with Crippen molar-refractivity contribution in [3.63, 3.8) is 0 Å². The van der Waals surface area contributed by atoms with Gasteiger partial charge in [0.15, 0.2) is 5.25 Å². The molecular weight excluding hydrogens is 360 g/mol. The number of thioether (sulfide) groups is 1. The van der Waals surface area contributed by atoms with E-state index in [1.54, 1.807) is 24.3 Å². The highest BCUT2D eigenvalue weighted by Gasteiger charge is 2.36. The van der Waals surface area contributed by atoms with Crippen LogP contribution in [0.5, 0.6) is 0 Å². The van der Waals surface area contributed by atoms with Crippen molar-refractivity contribution in [1.82, 2.24) is 9.13 Å². The van der Waals surface area contributed by atoms with Crippen molar-refractivity contribution in [2.45, 2.75) is 16.7 Å². The Balaban J connectivity index is 2.09. The molecule has 10 heteroatoms. The second-order valence-electron chi connectivity index (χ2n) is 5.54. The van der Waals surface area contributed by atoms with Crippen molar-refractivity contribution < 1.29 is 14.7 Å². The van der Waals surface area contributed by atoms with Crippen LogP contribution in [0, 0.1) is 11.3 Å².